The van der Waals surface area contributed by atoms with Crippen molar-refractivity contribution in [1.29, 1.82) is 0 Å². The molecule has 2 heterocycles. The van der Waals surface area contributed by atoms with Crippen LogP contribution in [0.25, 0.3) is 22.0 Å². The largest absolute Gasteiger partial charge is 0.457 e. The highest BCUT2D eigenvalue weighted by atomic mass is 16.5. The van der Waals surface area contributed by atoms with Gasteiger partial charge in [-0.2, -0.15) is 0 Å². The maximum absolute atomic E-state index is 12.5. The van der Waals surface area contributed by atoms with Gasteiger partial charge in [-0.25, -0.2) is 0 Å². The van der Waals surface area contributed by atoms with Gasteiger partial charge in [0.15, 0.2) is 0 Å². The van der Waals surface area contributed by atoms with Crippen LogP contribution in [-0.4, -0.2) is 14.7 Å². The van der Waals surface area contributed by atoms with E-state index in [2.05, 4.69) is 4.98 Å². The maximum Gasteiger partial charge on any atom is 0.274 e. The lowest BCUT2D eigenvalue weighted by atomic mass is 9.93. The molecule has 4 aromatic rings. The second-order valence-electron chi connectivity index (χ2n) is 7.91. The number of aromatic nitrogens is 2. The molecule has 0 aliphatic carbocycles. The number of pyridine rings is 1. The number of hydrogen-bond acceptors (Lipinski definition) is 3. The minimum Gasteiger partial charge on any atom is -0.457 e. The molecule has 4 rings (SSSR count). The molecular weight excluding hydrogens is 364 g/mol. The van der Waals surface area contributed by atoms with Gasteiger partial charge in [-0.3, -0.25) is 4.79 Å². The van der Waals surface area contributed by atoms with E-state index in [-0.39, 0.29) is 5.56 Å². The van der Waals surface area contributed by atoms with Crippen molar-refractivity contribution in [2.45, 2.75) is 26.4 Å². The van der Waals surface area contributed by atoms with Crippen molar-refractivity contribution in [3.05, 3.63) is 82.4 Å². The van der Waals surface area contributed by atoms with E-state index in [4.69, 9.17) is 4.74 Å². The summed E-state index contributed by atoms with van der Waals surface area (Å²) in [7, 11) is 1.73. The highest BCUT2D eigenvalue weighted by Crippen LogP contribution is 2.39. The summed E-state index contributed by atoms with van der Waals surface area (Å²) in [5.41, 5.74) is 3.04. The molecule has 0 atom stereocenters. The van der Waals surface area contributed by atoms with E-state index < -0.39 is 5.60 Å². The fourth-order valence-electron chi connectivity index (χ4n) is 3.43. The van der Waals surface area contributed by atoms with Gasteiger partial charge in [0.1, 0.15) is 17.0 Å². The molecule has 2 N–H and O–H groups in total. The Bertz CT molecular complexity index is 1240. The van der Waals surface area contributed by atoms with Gasteiger partial charge >= 0.3 is 0 Å². The van der Waals surface area contributed by atoms with Crippen LogP contribution in [0, 0.1) is 6.92 Å². The molecule has 0 bridgehead atoms. The zero-order chi connectivity index (χ0) is 20.8. The molecule has 0 aliphatic heterocycles. The summed E-state index contributed by atoms with van der Waals surface area (Å²) in [4.78, 5) is 15.5. The van der Waals surface area contributed by atoms with Gasteiger partial charge in [0.25, 0.3) is 5.56 Å². The number of aromatic amines is 1. The zero-order valence-electron chi connectivity index (χ0n) is 17.0. The molecule has 0 fully saturated rings. The lowest BCUT2D eigenvalue weighted by molar-refractivity contribution is 0.0786. The summed E-state index contributed by atoms with van der Waals surface area (Å²) in [5.74, 6) is 1.38. The third kappa shape index (κ3) is 3.57. The summed E-state index contributed by atoms with van der Waals surface area (Å²) >= 11 is 0. The van der Waals surface area contributed by atoms with E-state index in [1.165, 1.54) is 0 Å². The highest BCUT2D eigenvalue weighted by molar-refractivity contribution is 5.96. The van der Waals surface area contributed by atoms with Gasteiger partial charge in [-0.05, 0) is 56.7 Å². The molecule has 0 saturated carbocycles. The number of aliphatic hydroxyl groups is 1. The summed E-state index contributed by atoms with van der Waals surface area (Å²) in [6.07, 6.45) is 3.57. The number of nitrogens with zero attached hydrogens (tertiary/aromatic N) is 1. The quantitative estimate of drug-likeness (QED) is 0.525. The summed E-state index contributed by atoms with van der Waals surface area (Å²) in [6.45, 7) is 5.53. The third-order valence-electron chi connectivity index (χ3n) is 5.12. The van der Waals surface area contributed by atoms with Crippen LogP contribution in [0.2, 0.25) is 0 Å². The highest BCUT2D eigenvalue weighted by Gasteiger charge is 2.21. The van der Waals surface area contributed by atoms with E-state index in [0.717, 1.165) is 33.4 Å². The fourth-order valence-corrected chi connectivity index (χ4v) is 3.43. The number of rotatable bonds is 4. The van der Waals surface area contributed by atoms with Gasteiger partial charge in [0.2, 0.25) is 0 Å². The number of ether oxygens (including phenoxy) is 1. The first-order valence-corrected chi connectivity index (χ1v) is 9.52. The van der Waals surface area contributed by atoms with Gasteiger partial charge < -0.3 is 19.4 Å². The van der Waals surface area contributed by atoms with Crippen LogP contribution in [0.4, 0.5) is 0 Å². The van der Waals surface area contributed by atoms with Crippen molar-refractivity contribution in [3.8, 4) is 22.6 Å². The van der Waals surface area contributed by atoms with Gasteiger partial charge in [0.05, 0.1) is 5.60 Å². The number of hydrogen-bond donors (Lipinski definition) is 2. The van der Waals surface area contributed by atoms with Crippen molar-refractivity contribution < 1.29 is 9.84 Å². The van der Waals surface area contributed by atoms with Gasteiger partial charge in [-0.15, -0.1) is 0 Å². The summed E-state index contributed by atoms with van der Waals surface area (Å²) in [5, 5.41) is 11.4. The Kier molecular flexibility index (Phi) is 4.55. The Morgan fingerprint density at radius 2 is 1.76 bits per heavy atom. The van der Waals surface area contributed by atoms with E-state index >= 15 is 0 Å². The smallest absolute Gasteiger partial charge is 0.274 e. The Morgan fingerprint density at radius 1 is 1.03 bits per heavy atom. The van der Waals surface area contributed by atoms with E-state index in [0.29, 0.717) is 11.3 Å². The van der Waals surface area contributed by atoms with Crippen LogP contribution < -0.4 is 10.3 Å². The molecule has 0 aliphatic rings. The van der Waals surface area contributed by atoms with E-state index in [9.17, 15) is 9.90 Å². The summed E-state index contributed by atoms with van der Waals surface area (Å²) in [6, 6.07) is 15.4. The van der Waals surface area contributed by atoms with Crippen LogP contribution in [-0.2, 0) is 12.6 Å². The van der Waals surface area contributed by atoms with Crippen molar-refractivity contribution >= 4 is 10.9 Å². The molecule has 0 saturated heterocycles. The molecule has 0 unspecified atom stereocenters. The van der Waals surface area contributed by atoms with Crippen molar-refractivity contribution in [2.75, 3.05) is 0 Å². The van der Waals surface area contributed by atoms with Gasteiger partial charge in [-0.1, -0.05) is 23.8 Å². The lowest BCUT2D eigenvalue weighted by Gasteiger charge is -2.21. The molecule has 148 valence electrons. The standard InChI is InChI=1S/C24H24N2O3/c1-15-5-8-17(9-6-15)29-21-10-7-16(24(2,3)28)13-19(21)20-14-26(4)23(27)22-18(20)11-12-25-22/h5-14,25,28H,1-4H3. The molecule has 29 heavy (non-hydrogen) atoms. The van der Waals surface area contributed by atoms with Crippen molar-refractivity contribution in [1.82, 2.24) is 9.55 Å². The molecule has 0 radical (unpaired) electrons. The second kappa shape index (κ2) is 6.94. The molecule has 5 heteroatoms. The maximum atomic E-state index is 12.5. The zero-order valence-corrected chi connectivity index (χ0v) is 17.0. The molecule has 2 aromatic carbocycles. The molecule has 5 nitrogen and oxygen atoms in total. The average Bonchev–Trinajstić information content (AvgIpc) is 3.16. The SMILES string of the molecule is Cc1ccc(Oc2ccc(C(C)(C)O)cc2-c2cn(C)c(=O)c3[nH]ccc23)cc1. The van der Waals surface area contributed by atoms with E-state index in [1.807, 2.05) is 61.7 Å². The minimum absolute atomic E-state index is 0.0894. The normalized spacial score (nSPS) is 11.8. The van der Waals surface area contributed by atoms with Crippen LogP contribution in [0.3, 0.4) is 0 Å². The van der Waals surface area contributed by atoms with Gasteiger partial charge in [0, 0.05) is 36.0 Å². The lowest BCUT2D eigenvalue weighted by Crippen LogP contribution is -2.17. The molecule has 0 spiro atoms. The Labute approximate surface area is 169 Å². The van der Waals surface area contributed by atoms with Crippen LogP contribution in [0.5, 0.6) is 11.5 Å². The Balaban J connectivity index is 1.95. The number of aryl methyl sites for hydroxylation is 2. The topological polar surface area (TPSA) is 67.2 Å². The first-order chi connectivity index (χ1) is 13.7. The molecule has 0 amide bonds. The second-order valence-corrected chi connectivity index (χ2v) is 7.91. The summed E-state index contributed by atoms with van der Waals surface area (Å²) < 4.78 is 7.76. The molecular formula is C24H24N2O3. The molecule has 2 aromatic heterocycles. The first-order valence-electron chi connectivity index (χ1n) is 9.52. The number of fused-ring (bicyclic) bond motifs is 1. The van der Waals surface area contributed by atoms with Crippen molar-refractivity contribution in [3.63, 3.8) is 0 Å². The number of benzene rings is 2. The number of nitrogens with one attached hydrogen (secondary N) is 1. The van der Waals surface area contributed by atoms with Crippen LogP contribution >= 0.6 is 0 Å². The Hall–Kier alpha value is -3.31. The average molecular weight is 388 g/mol. The fraction of sp³-hybridized carbons (Fsp3) is 0.208. The number of H-pyrrole nitrogens is 1. The monoisotopic (exact) mass is 388 g/mol. The predicted molar refractivity (Wildman–Crippen MR) is 115 cm³/mol. The van der Waals surface area contributed by atoms with Crippen LogP contribution in [0.1, 0.15) is 25.0 Å². The minimum atomic E-state index is -1.00. The Morgan fingerprint density at radius 3 is 2.45 bits per heavy atom. The van der Waals surface area contributed by atoms with Crippen LogP contribution in [0.15, 0.2) is 65.7 Å². The third-order valence-corrected chi connectivity index (χ3v) is 5.12. The van der Waals surface area contributed by atoms with Crippen molar-refractivity contribution in [2.24, 2.45) is 7.05 Å². The van der Waals surface area contributed by atoms with E-state index in [1.54, 1.807) is 31.7 Å². The predicted octanol–water partition coefficient (Wildman–Crippen LogP) is 4.86. The first kappa shape index (κ1) is 19.0.